The second-order valence-corrected chi connectivity index (χ2v) is 11.8. The van der Waals surface area contributed by atoms with E-state index in [9.17, 15) is 4.79 Å². The van der Waals surface area contributed by atoms with Crippen molar-refractivity contribution in [2.24, 2.45) is 45.8 Å². The number of rotatable bonds is 3. The van der Waals surface area contributed by atoms with Crippen molar-refractivity contribution in [1.29, 1.82) is 0 Å². The average Bonchev–Trinajstić information content (AvgIpc) is 3.11. The van der Waals surface area contributed by atoms with Crippen molar-refractivity contribution in [3.05, 3.63) is 0 Å². The van der Waals surface area contributed by atoms with Gasteiger partial charge < -0.3 is 9.47 Å². The van der Waals surface area contributed by atoms with Crippen LogP contribution in [0.15, 0.2) is 0 Å². The molecule has 3 nitrogen and oxygen atoms in total. The highest BCUT2D eigenvalue weighted by Gasteiger charge is 2.72. The van der Waals surface area contributed by atoms with Crippen LogP contribution in [0, 0.1) is 45.8 Å². The zero-order chi connectivity index (χ0) is 21.9. The molecule has 3 heteroatoms. The van der Waals surface area contributed by atoms with Gasteiger partial charge in [0.2, 0.25) is 0 Å². The van der Waals surface area contributed by atoms with E-state index < -0.39 is 0 Å². The molecule has 9 atom stereocenters. The third-order valence-electron chi connectivity index (χ3n) is 11.6. The Labute approximate surface area is 185 Å². The van der Waals surface area contributed by atoms with E-state index in [-0.39, 0.29) is 17.5 Å². The summed E-state index contributed by atoms with van der Waals surface area (Å²) >= 11 is 0. The molecule has 0 radical (unpaired) electrons. The zero-order valence-corrected chi connectivity index (χ0v) is 20.7. The number of esters is 1. The fraction of sp³-hybridized carbons (Fsp3) is 0.963. The van der Waals surface area contributed by atoms with Crippen molar-refractivity contribution < 1.29 is 14.3 Å². The topological polar surface area (TPSA) is 35.5 Å². The lowest BCUT2D eigenvalue weighted by molar-refractivity contribution is -0.281. The fourth-order valence-corrected chi connectivity index (χ4v) is 10.1. The van der Waals surface area contributed by atoms with Crippen LogP contribution in [0.2, 0.25) is 0 Å². The third kappa shape index (κ3) is 2.69. The highest BCUT2D eigenvalue weighted by Crippen LogP contribution is 2.78. The molecule has 1 spiro atoms. The summed E-state index contributed by atoms with van der Waals surface area (Å²) in [6, 6.07) is 0. The first kappa shape index (κ1) is 22.6. The van der Waals surface area contributed by atoms with Gasteiger partial charge in [-0.3, -0.25) is 4.79 Å². The smallest absolute Gasteiger partial charge is 0.308 e. The highest BCUT2D eigenvalue weighted by molar-refractivity contribution is 5.72. The molecule has 0 aliphatic heterocycles. The van der Waals surface area contributed by atoms with Gasteiger partial charge in [0.05, 0.1) is 18.6 Å². The van der Waals surface area contributed by atoms with Gasteiger partial charge in [0.15, 0.2) is 0 Å². The van der Waals surface area contributed by atoms with Gasteiger partial charge in [0.1, 0.15) is 0 Å². The molecular weight excluding hydrogens is 372 g/mol. The van der Waals surface area contributed by atoms with E-state index in [0.29, 0.717) is 22.2 Å². The predicted molar refractivity (Wildman–Crippen MR) is 121 cm³/mol. The van der Waals surface area contributed by atoms with E-state index in [1.807, 2.05) is 21.0 Å². The molecule has 0 aromatic heterocycles. The summed E-state index contributed by atoms with van der Waals surface area (Å²) in [5, 5.41) is 0. The maximum Gasteiger partial charge on any atom is 0.308 e. The number of fused-ring (bicyclic) bond motifs is 3. The first-order valence-corrected chi connectivity index (χ1v) is 12.9. The molecular formula is C27H46O3. The van der Waals surface area contributed by atoms with Gasteiger partial charge >= 0.3 is 5.97 Å². The van der Waals surface area contributed by atoms with Crippen LogP contribution < -0.4 is 0 Å². The Morgan fingerprint density at radius 2 is 1.63 bits per heavy atom. The molecule has 0 aromatic rings. The first-order valence-electron chi connectivity index (χ1n) is 12.9. The summed E-state index contributed by atoms with van der Waals surface area (Å²) in [6.07, 6.45) is 13.2. The van der Waals surface area contributed by atoms with Gasteiger partial charge in [0.25, 0.3) is 0 Å². The summed E-state index contributed by atoms with van der Waals surface area (Å²) in [7, 11) is 3.53. The van der Waals surface area contributed by atoms with E-state index in [1.165, 1.54) is 64.2 Å². The van der Waals surface area contributed by atoms with Crippen LogP contribution in [0.25, 0.3) is 0 Å². The number of carbonyl (C=O) groups excluding carboxylic acids is 1. The lowest BCUT2D eigenvalue weighted by Gasteiger charge is -2.74. The lowest BCUT2D eigenvalue weighted by atomic mass is 9.31. The normalized spacial score (nSPS) is 51.8. The maximum absolute atomic E-state index is 12.4. The van der Waals surface area contributed by atoms with Crippen molar-refractivity contribution in [2.45, 2.75) is 104 Å². The molecule has 0 N–H and O–H groups in total. The minimum atomic E-state index is -0.00195. The number of hydrogen-bond acceptors (Lipinski definition) is 3. The summed E-state index contributed by atoms with van der Waals surface area (Å²) in [6.45, 7) is 11.3. The first-order chi connectivity index (χ1) is 14.3. The molecule has 172 valence electrons. The van der Waals surface area contributed by atoms with Crippen molar-refractivity contribution in [1.82, 2.24) is 0 Å². The monoisotopic (exact) mass is 418 g/mol. The Morgan fingerprint density at radius 1 is 0.933 bits per heavy atom. The van der Waals surface area contributed by atoms with Crippen molar-refractivity contribution in [3.8, 4) is 0 Å². The second kappa shape index (κ2) is 7.49. The van der Waals surface area contributed by atoms with Gasteiger partial charge in [-0.25, -0.2) is 0 Å². The quantitative estimate of drug-likeness (QED) is 0.482. The van der Waals surface area contributed by atoms with Crippen LogP contribution in [0.5, 0.6) is 0 Å². The molecule has 0 aromatic carbocycles. The standard InChI is InChI=1S/C25H40O3.C2H6/c1-16(21(26)27-4)18-8-9-19-20-7-6-17-14-24(28-5)12-11-23(17,3)25(20,15-24)13-10-22(18,19)2;1-2/h16-20H,6-15H2,1-5H3;1-2H3/t16-,17+,18?,19?,20?,22+,23-,24+,25+;/m0./s1. The van der Waals surface area contributed by atoms with Crippen molar-refractivity contribution in [2.75, 3.05) is 14.2 Å². The minimum absolute atomic E-state index is 0.00195. The Morgan fingerprint density at radius 3 is 2.30 bits per heavy atom. The zero-order valence-electron chi connectivity index (χ0n) is 20.7. The second-order valence-electron chi connectivity index (χ2n) is 11.8. The molecule has 6 fully saturated rings. The van der Waals surface area contributed by atoms with Crippen LogP contribution >= 0.6 is 0 Å². The predicted octanol–water partition coefficient (Wildman–Crippen LogP) is 6.64. The van der Waals surface area contributed by atoms with Crippen LogP contribution in [-0.4, -0.2) is 25.8 Å². The number of hydrogen-bond donors (Lipinski definition) is 0. The molecule has 0 saturated heterocycles. The molecule has 30 heavy (non-hydrogen) atoms. The van der Waals surface area contributed by atoms with Crippen LogP contribution in [0.4, 0.5) is 0 Å². The SMILES string of the molecule is CC.COC(=O)[C@@H](C)C1CCC2C3CC[C@@H]4C[C@]5(OC)CC[C@]4(C)[C@]3(CC[C@@]21C)C5. The Hall–Kier alpha value is -0.570. The van der Waals surface area contributed by atoms with Crippen LogP contribution in [0.1, 0.15) is 98.8 Å². The van der Waals surface area contributed by atoms with Gasteiger partial charge in [-0.15, -0.1) is 0 Å². The van der Waals surface area contributed by atoms with E-state index in [4.69, 9.17) is 9.47 Å². The van der Waals surface area contributed by atoms with E-state index in [1.54, 1.807) is 7.11 Å². The van der Waals surface area contributed by atoms with Gasteiger partial charge in [-0.2, -0.15) is 0 Å². The molecule has 0 heterocycles. The molecule has 4 bridgehead atoms. The number of carbonyl (C=O) groups is 1. The van der Waals surface area contributed by atoms with Gasteiger partial charge in [-0.05, 0) is 104 Å². The summed E-state index contributed by atoms with van der Waals surface area (Å²) in [4.78, 5) is 12.4. The highest BCUT2D eigenvalue weighted by atomic mass is 16.5. The largest absolute Gasteiger partial charge is 0.469 e. The molecule has 6 aliphatic rings. The summed E-state index contributed by atoms with van der Waals surface area (Å²) in [5.41, 5.74) is 1.47. The van der Waals surface area contributed by atoms with Crippen molar-refractivity contribution >= 4 is 5.97 Å². The molecule has 3 unspecified atom stereocenters. The lowest BCUT2D eigenvalue weighted by Crippen LogP contribution is -2.69. The van der Waals surface area contributed by atoms with E-state index in [2.05, 4.69) is 20.8 Å². The average molecular weight is 419 g/mol. The fourth-order valence-electron chi connectivity index (χ4n) is 10.1. The van der Waals surface area contributed by atoms with Gasteiger partial charge in [0, 0.05) is 7.11 Å². The number of ether oxygens (including phenoxy) is 2. The molecule has 6 aliphatic carbocycles. The Kier molecular flexibility index (Phi) is 5.65. The molecule has 0 amide bonds. The van der Waals surface area contributed by atoms with E-state index >= 15 is 0 Å². The van der Waals surface area contributed by atoms with Crippen LogP contribution in [-0.2, 0) is 14.3 Å². The van der Waals surface area contributed by atoms with Crippen LogP contribution in [0.3, 0.4) is 0 Å². The van der Waals surface area contributed by atoms with Crippen molar-refractivity contribution in [3.63, 3.8) is 0 Å². The van der Waals surface area contributed by atoms with E-state index in [0.717, 1.165) is 17.8 Å². The molecule has 6 rings (SSSR count). The summed E-state index contributed by atoms with van der Waals surface area (Å²) < 4.78 is 11.4. The number of methoxy groups -OCH3 is 2. The summed E-state index contributed by atoms with van der Waals surface area (Å²) in [5.74, 6) is 3.00. The minimum Gasteiger partial charge on any atom is -0.469 e. The Balaban J connectivity index is 0.00000106. The van der Waals surface area contributed by atoms with Gasteiger partial charge in [-0.1, -0.05) is 34.6 Å². The third-order valence-corrected chi connectivity index (χ3v) is 11.6. The Bertz CT molecular complexity index is 675. The molecule has 6 saturated carbocycles. The maximum atomic E-state index is 12.4.